The number of nitrogens with zero attached hydrogens (tertiary/aromatic N) is 1. The van der Waals surface area contributed by atoms with Crippen LogP contribution in [0, 0.1) is 5.92 Å². The van der Waals surface area contributed by atoms with Crippen LogP contribution in [0.1, 0.15) is 25.8 Å². The number of ether oxygens (including phenoxy) is 1. The number of benzene rings is 1. The van der Waals surface area contributed by atoms with Crippen LogP contribution in [0.3, 0.4) is 0 Å². The zero-order valence-corrected chi connectivity index (χ0v) is 15.4. The minimum Gasteiger partial charge on any atom is -0.484 e. The summed E-state index contributed by atoms with van der Waals surface area (Å²) in [4.78, 5) is 14.9. The number of halogens is 1. The molecule has 6 nitrogen and oxygen atoms in total. The number of carbonyl (C=O) groups is 1. The van der Waals surface area contributed by atoms with Gasteiger partial charge in [-0.05, 0) is 30.0 Å². The molecule has 1 amide bonds. The molecule has 1 rings (SSSR count). The lowest BCUT2D eigenvalue weighted by molar-refractivity contribution is -0.119. The molecule has 1 aromatic carbocycles. The van der Waals surface area contributed by atoms with Crippen LogP contribution < -0.4 is 21.5 Å². The van der Waals surface area contributed by atoms with E-state index in [0.29, 0.717) is 24.2 Å². The van der Waals surface area contributed by atoms with Gasteiger partial charge >= 0.3 is 0 Å². The smallest absolute Gasteiger partial charge is 0.255 e. The third kappa shape index (κ3) is 9.43. The van der Waals surface area contributed by atoms with E-state index in [4.69, 9.17) is 16.2 Å². The molecular formula is C15H25IN4O2. The lowest BCUT2D eigenvalue weighted by Crippen LogP contribution is -2.32. The van der Waals surface area contributed by atoms with E-state index >= 15 is 0 Å². The first kappa shape index (κ1) is 20.5. The molecule has 7 heteroatoms. The van der Waals surface area contributed by atoms with Crippen LogP contribution in [0.5, 0.6) is 5.75 Å². The monoisotopic (exact) mass is 420 g/mol. The van der Waals surface area contributed by atoms with E-state index in [1.165, 1.54) is 0 Å². The first-order valence-corrected chi connectivity index (χ1v) is 7.01. The summed E-state index contributed by atoms with van der Waals surface area (Å²) in [6, 6.07) is 7.33. The Bertz CT molecular complexity index is 492. The number of hydrogen-bond acceptors (Lipinski definition) is 3. The number of aliphatic imine (C=N–C) groups is 1. The van der Waals surface area contributed by atoms with Crippen molar-refractivity contribution in [1.82, 2.24) is 5.32 Å². The average Bonchev–Trinajstić information content (AvgIpc) is 2.43. The van der Waals surface area contributed by atoms with Crippen molar-refractivity contribution < 1.29 is 9.53 Å². The minimum atomic E-state index is -0.503. The van der Waals surface area contributed by atoms with Gasteiger partial charge in [0.1, 0.15) is 5.75 Å². The molecule has 0 aliphatic carbocycles. The highest BCUT2D eigenvalue weighted by molar-refractivity contribution is 14.0. The Kier molecular flexibility index (Phi) is 10.3. The van der Waals surface area contributed by atoms with Gasteiger partial charge in [-0.3, -0.25) is 4.79 Å². The molecule has 124 valence electrons. The molecule has 0 bridgehead atoms. The second-order valence-corrected chi connectivity index (χ2v) is 5.21. The van der Waals surface area contributed by atoms with Crippen molar-refractivity contribution in [2.75, 3.05) is 13.2 Å². The molecule has 0 saturated heterocycles. The summed E-state index contributed by atoms with van der Waals surface area (Å²) >= 11 is 0. The van der Waals surface area contributed by atoms with Crippen molar-refractivity contribution in [1.29, 1.82) is 0 Å². The quantitative estimate of drug-likeness (QED) is 0.338. The van der Waals surface area contributed by atoms with Gasteiger partial charge in [0.25, 0.3) is 5.91 Å². The van der Waals surface area contributed by atoms with Crippen molar-refractivity contribution in [2.45, 2.75) is 26.8 Å². The van der Waals surface area contributed by atoms with E-state index in [0.717, 1.165) is 18.5 Å². The molecule has 0 aromatic heterocycles. The highest BCUT2D eigenvalue weighted by Gasteiger charge is 2.00. The number of hydrogen-bond donors (Lipinski definition) is 3. The molecule has 0 saturated carbocycles. The molecule has 0 aliphatic heterocycles. The van der Waals surface area contributed by atoms with Crippen molar-refractivity contribution in [3.8, 4) is 5.75 Å². The molecular weight excluding hydrogens is 395 g/mol. The lowest BCUT2D eigenvalue weighted by Gasteiger charge is -2.08. The standard InChI is InChI=1S/C15H24N4O2.HI/c1-11(2)6-7-18-15(17)19-9-12-4-3-5-13(8-12)21-10-14(16)20;/h3-5,8,11H,6-7,9-10H2,1-2H3,(H2,16,20)(H3,17,18,19);1H. The summed E-state index contributed by atoms with van der Waals surface area (Å²) in [5, 5.41) is 3.07. The second-order valence-electron chi connectivity index (χ2n) is 5.21. The summed E-state index contributed by atoms with van der Waals surface area (Å²) < 4.78 is 5.24. The van der Waals surface area contributed by atoms with Gasteiger partial charge in [-0.1, -0.05) is 26.0 Å². The van der Waals surface area contributed by atoms with Gasteiger partial charge in [-0.2, -0.15) is 0 Å². The third-order valence-electron chi connectivity index (χ3n) is 2.74. The maximum atomic E-state index is 10.7. The van der Waals surface area contributed by atoms with Crippen molar-refractivity contribution in [2.24, 2.45) is 22.4 Å². The number of carbonyl (C=O) groups excluding carboxylic acids is 1. The van der Waals surface area contributed by atoms with Crippen LogP contribution in [0.15, 0.2) is 29.3 Å². The van der Waals surface area contributed by atoms with E-state index < -0.39 is 5.91 Å². The maximum absolute atomic E-state index is 10.7. The first-order chi connectivity index (χ1) is 9.97. The fraction of sp³-hybridized carbons (Fsp3) is 0.467. The van der Waals surface area contributed by atoms with Gasteiger partial charge in [0.2, 0.25) is 0 Å². The molecule has 0 aliphatic rings. The van der Waals surface area contributed by atoms with Gasteiger partial charge in [-0.25, -0.2) is 4.99 Å². The zero-order chi connectivity index (χ0) is 15.7. The molecule has 0 heterocycles. The zero-order valence-electron chi connectivity index (χ0n) is 13.0. The third-order valence-corrected chi connectivity index (χ3v) is 2.74. The van der Waals surface area contributed by atoms with Crippen LogP contribution in [-0.4, -0.2) is 25.0 Å². The largest absolute Gasteiger partial charge is 0.484 e. The topological polar surface area (TPSA) is 103 Å². The number of nitrogens with one attached hydrogen (secondary N) is 1. The van der Waals surface area contributed by atoms with E-state index in [1.807, 2.05) is 18.2 Å². The van der Waals surface area contributed by atoms with Crippen LogP contribution in [0.25, 0.3) is 0 Å². The van der Waals surface area contributed by atoms with Crippen LogP contribution in [0.4, 0.5) is 0 Å². The Hall–Kier alpha value is -1.51. The number of amides is 1. The Morgan fingerprint density at radius 3 is 2.73 bits per heavy atom. The summed E-state index contributed by atoms with van der Waals surface area (Å²) in [7, 11) is 0. The predicted molar refractivity (Wildman–Crippen MR) is 99.3 cm³/mol. The molecule has 1 aromatic rings. The normalized spacial score (nSPS) is 11.0. The van der Waals surface area contributed by atoms with Crippen molar-refractivity contribution in [3.63, 3.8) is 0 Å². The first-order valence-electron chi connectivity index (χ1n) is 7.01. The fourth-order valence-corrected chi connectivity index (χ4v) is 1.61. The number of rotatable bonds is 8. The Labute approximate surface area is 148 Å². The van der Waals surface area contributed by atoms with Crippen molar-refractivity contribution in [3.05, 3.63) is 29.8 Å². The Morgan fingerprint density at radius 2 is 2.09 bits per heavy atom. The van der Waals surface area contributed by atoms with Gasteiger partial charge < -0.3 is 21.5 Å². The molecule has 5 N–H and O–H groups in total. The summed E-state index contributed by atoms with van der Waals surface area (Å²) in [5.41, 5.74) is 11.8. The fourth-order valence-electron chi connectivity index (χ4n) is 1.61. The van der Waals surface area contributed by atoms with E-state index in [-0.39, 0.29) is 30.6 Å². The number of nitrogens with two attached hydrogens (primary N) is 2. The van der Waals surface area contributed by atoms with E-state index in [9.17, 15) is 4.79 Å². The maximum Gasteiger partial charge on any atom is 0.255 e. The van der Waals surface area contributed by atoms with E-state index in [1.54, 1.807) is 6.07 Å². The predicted octanol–water partition coefficient (Wildman–Crippen LogP) is 1.62. The summed E-state index contributed by atoms with van der Waals surface area (Å²) in [6.45, 7) is 5.45. The van der Waals surface area contributed by atoms with Gasteiger partial charge in [0.15, 0.2) is 12.6 Å². The number of guanidine groups is 1. The van der Waals surface area contributed by atoms with Gasteiger partial charge in [-0.15, -0.1) is 24.0 Å². The van der Waals surface area contributed by atoms with Crippen LogP contribution >= 0.6 is 24.0 Å². The van der Waals surface area contributed by atoms with Crippen LogP contribution in [-0.2, 0) is 11.3 Å². The van der Waals surface area contributed by atoms with Crippen molar-refractivity contribution >= 4 is 35.8 Å². The number of primary amides is 1. The van der Waals surface area contributed by atoms with Gasteiger partial charge in [0, 0.05) is 6.54 Å². The Balaban J connectivity index is 0.00000441. The molecule has 0 atom stereocenters. The molecule has 0 unspecified atom stereocenters. The molecule has 22 heavy (non-hydrogen) atoms. The van der Waals surface area contributed by atoms with E-state index in [2.05, 4.69) is 24.2 Å². The second kappa shape index (κ2) is 11.1. The lowest BCUT2D eigenvalue weighted by atomic mass is 10.1. The molecule has 0 fully saturated rings. The minimum absolute atomic E-state index is 0. The average molecular weight is 420 g/mol. The summed E-state index contributed by atoms with van der Waals surface area (Å²) in [6.07, 6.45) is 1.05. The Morgan fingerprint density at radius 1 is 1.36 bits per heavy atom. The highest BCUT2D eigenvalue weighted by Crippen LogP contribution is 2.13. The summed E-state index contributed by atoms with van der Waals surface area (Å²) in [5.74, 6) is 1.15. The molecule has 0 spiro atoms. The van der Waals surface area contributed by atoms with Gasteiger partial charge in [0.05, 0.1) is 6.54 Å². The SMILES string of the molecule is CC(C)CCNC(N)=NCc1cccc(OCC(N)=O)c1.I. The highest BCUT2D eigenvalue weighted by atomic mass is 127. The van der Waals surface area contributed by atoms with Crippen LogP contribution in [0.2, 0.25) is 0 Å². The molecule has 0 radical (unpaired) electrons.